The van der Waals surface area contributed by atoms with Gasteiger partial charge >= 0.3 is 180 Å². The van der Waals surface area contributed by atoms with Crippen molar-refractivity contribution < 1.29 is 301 Å². The van der Waals surface area contributed by atoms with Gasteiger partial charge in [0.1, 0.15) is 0 Å². The molecule has 0 saturated heterocycles. The van der Waals surface area contributed by atoms with Crippen molar-refractivity contribution in [2.45, 2.75) is 141 Å². The van der Waals surface area contributed by atoms with Gasteiger partial charge in [0, 0.05) is 0 Å². The first-order valence-corrected chi connectivity index (χ1v) is 21.2. The van der Waals surface area contributed by atoms with Crippen LogP contribution in [0.25, 0.3) is 0 Å². The second kappa shape index (κ2) is 23.1. The fourth-order valence-corrected chi connectivity index (χ4v) is 5.25. The van der Waals surface area contributed by atoms with Crippen LogP contribution in [0.3, 0.4) is 0 Å². The van der Waals surface area contributed by atoms with Crippen LogP contribution in [0, 0.1) is 38.6 Å². The quantitative estimate of drug-likeness (QED) is 0.0801. The van der Waals surface area contributed by atoms with Gasteiger partial charge in [-0.05, 0) is 0 Å². The maximum Gasteiger partial charge on any atom is 3.00 e. The van der Waals surface area contributed by atoms with Crippen molar-refractivity contribution >= 4 is 30.4 Å². The standard InChI is InChI=1S/3C8HF17O3S.Tb/c3*9-1(10,3(13,14)5(17,18)7(21,22)23)2(11,12)4(15,16)6(19,20)8(24,25)29(26,27)28;/h3*(H,26,27,28);/q;;;+3/p-3. The minimum Gasteiger partial charge on any atom is -0.743 e. The minimum atomic E-state index is -8.92. The third-order valence-corrected chi connectivity index (χ3v) is 11.7. The molecule has 0 aliphatic carbocycles. The Labute approximate surface area is 471 Å². The molecule has 0 bridgehead atoms. The molecule has 88 heavy (non-hydrogen) atoms. The van der Waals surface area contributed by atoms with E-state index in [1.54, 1.807) is 0 Å². The molecule has 0 aromatic heterocycles. The van der Waals surface area contributed by atoms with E-state index in [0.717, 1.165) is 0 Å². The van der Waals surface area contributed by atoms with E-state index < -0.39 is 171 Å². The van der Waals surface area contributed by atoms with E-state index in [4.69, 9.17) is 0 Å². The van der Waals surface area contributed by atoms with E-state index in [0.29, 0.717) is 0 Å². The van der Waals surface area contributed by atoms with Crippen LogP contribution in [0.2, 0.25) is 0 Å². The van der Waals surface area contributed by atoms with Gasteiger partial charge in [0.2, 0.25) is 0 Å². The first-order chi connectivity index (χ1) is 36.0. The maximum atomic E-state index is 13.0. The number of halogens is 51. The topological polar surface area (TPSA) is 172 Å². The zero-order valence-corrected chi connectivity index (χ0v) is 41.1. The summed E-state index contributed by atoms with van der Waals surface area (Å²) in [5.41, 5.74) is 0. The van der Waals surface area contributed by atoms with Crippen LogP contribution in [0.1, 0.15) is 0 Å². The van der Waals surface area contributed by atoms with Gasteiger partial charge in [-0.15, -0.1) is 0 Å². The molecule has 0 aliphatic rings. The summed E-state index contributed by atoms with van der Waals surface area (Å²) >= 11 is 0. The Kier molecular flexibility index (Phi) is 24.1. The Hall–Kier alpha value is -2.55. The Bertz CT molecular complexity index is 2500. The van der Waals surface area contributed by atoms with Gasteiger partial charge in [-0.3, -0.25) is 0 Å². The second-order valence-corrected chi connectivity index (χ2v) is 19.0. The normalized spacial score (nSPS) is 16.7. The number of alkyl halides is 51. The molecule has 0 saturated carbocycles. The monoisotopic (exact) mass is 1660 g/mol. The number of hydrogen-bond donors (Lipinski definition) is 0. The average Bonchev–Trinajstić information content (AvgIpc) is 3.23. The maximum absolute atomic E-state index is 13.0. The zero-order chi connectivity index (χ0) is 73.5. The molecular formula is C24F51O9S3Tb. The van der Waals surface area contributed by atoms with Crippen molar-refractivity contribution in [1.82, 2.24) is 0 Å². The van der Waals surface area contributed by atoms with E-state index in [9.17, 15) is 263 Å². The van der Waals surface area contributed by atoms with Gasteiger partial charge in [0.05, 0.1) is 0 Å². The summed E-state index contributed by atoms with van der Waals surface area (Å²) in [4.78, 5) is 0. The van der Waals surface area contributed by atoms with Crippen molar-refractivity contribution in [1.29, 1.82) is 0 Å². The van der Waals surface area contributed by atoms with Gasteiger partial charge in [0.25, 0.3) is 0 Å². The van der Waals surface area contributed by atoms with Crippen LogP contribution in [0.5, 0.6) is 0 Å². The van der Waals surface area contributed by atoms with E-state index in [1.807, 2.05) is 0 Å². The summed E-state index contributed by atoms with van der Waals surface area (Å²) < 4.78 is 732. The smallest absolute Gasteiger partial charge is 0.743 e. The minimum absolute atomic E-state index is 0. The first-order valence-electron chi connectivity index (χ1n) is 17.0. The van der Waals surface area contributed by atoms with Crippen molar-refractivity contribution in [3.63, 3.8) is 0 Å². The van der Waals surface area contributed by atoms with Gasteiger partial charge in [-0.2, -0.15) is 224 Å². The van der Waals surface area contributed by atoms with Gasteiger partial charge in [0.15, 0.2) is 30.4 Å². The van der Waals surface area contributed by atoms with Crippen molar-refractivity contribution in [2.24, 2.45) is 0 Å². The second-order valence-electron chi connectivity index (χ2n) is 14.7. The van der Waals surface area contributed by atoms with Crippen LogP contribution >= 0.6 is 0 Å². The summed E-state index contributed by atoms with van der Waals surface area (Å²) in [6.07, 6.45) is -23.7. The fraction of sp³-hybridized carbons (Fsp3) is 1.00. The van der Waals surface area contributed by atoms with E-state index in [1.165, 1.54) is 0 Å². The molecule has 0 N–H and O–H groups in total. The van der Waals surface area contributed by atoms with Crippen LogP contribution < -0.4 is 0 Å². The van der Waals surface area contributed by atoms with Gasteiger partial charge < -0.3 is 13.7 Å². The van der Waals surface area contributed by atoms with Gasteiger partial charge in [-0.1, -0.05) is 0 Å². The first kappa shape index (κ1) is 91.9. The molecule has 0 atom stereocenters. The zero-order valence-electron chi connectivity index (χ0n) is 36.5. The summed E-state index contributed by atoms with van der Waals surface area (Å²) in [5.74, 6) is -156. The molecule has 0 radical (unpaired) electrons. The summed E-state index contributed by atoms with van der Waals surface area (Å²) in [7, 11) is -24.4. The van der Waals surface area contributed by atoms with Gasteiger partial charge in [-0.25, -0.2) is 25.3 Å². The van der Waals surface area contributed by atoms with Crippen molar-refractivity contribution in [3.05, 3.63) is 0 Å². The summed E-state index contributed by atoms with van der Waals surface area (Å²) in [6.45, 7) is 0. The predicted octanol–water partition coefficient (Wildman–Crippen LogP) is 13.5. The van der Waals surface area contributed by atoms with E-state index >= 15 is 0 Å². The third-order valence-electron chi connectivity index (χ3n) is 9.02. The molecule has 0 fully saturated rings. The Balaban J connectivity index is -0.000000598. The van der Waals surface area contributed by atoms with E-state index in [2.05, 4.69) is 0 Å². The van der Waals surface area contributed by atoms with Crippen LogP contribution in [-0.4, -0.2) is 180 Å². The number of hydrogen-bond acceptors (Lipinski definition) is 9. The average molecular weight is 1660 g/mol. The Morgan fingerprint density at radius 1 is 0.148 bits per heavy atom. The fourth-order valence-electron chi connectivity index (χ4n) is 3.92. The molecule has 534 valence electrons. The molecule has 0 heterocycles. The molecular weight excluding hydrogens is 1660 g/mol. The molecule has 64 heteroatoms. The van der Waals surface area contributed by atoms with Crippen LogP contribution in [0.15, 0.2) is 0 Å². The third kappa shape index (κ3) is 12.4. The molecule has 0 aliphatic heterocycles. The molecule has 0 aromatic carbocycles. The SMILES string of the molecule is O=S(=O)([O-])C(F)(F)C(F)(F)C(F)(F)C(F)(F)C(F)(F)C(F)(F)C(F)(F)C(F)(F)F.O=S(=O)([O-])C(F)(F)C(F)(F)C(F)(F)C(F)(F)C(F)(F)C(F)(F)C(F)(F)C(F)(F)F.O=S(=O)([O-])C(F)(F)C(F)(F)C(F)(F)C(F)(F)C(F)(F)C(F)(F)C(F)(F)C(F)(F)F.[Tb+3]. The largest absolute Gasteiger partial charge is 3.00 e. The van der Waals surface area contributed by atoms with E-state index in [-0.39, 0.29) is 38.6 Å². The van der Waals surface area contributed by atoms with Crippen molar-refractivity contribution in [2.75, 3.05) is 0 Å². The molecule has 0 amide bonds. The van der Waals surface area contributed by atoms with Crippen molar-refractivity contribution in [3.8, 4) is 0 Å². The summed E-state index contributed by atoms with van der Waals surface area (Å²) in [5, 5.41) is -23.9. The number of rotatable bonds is 21. The molecule has 9 nitrogen and oxygen atoms in total. The molecule has 0 unspecified atom stereocenters. The van der Waals surface area contributed by atoms with Crippen LogP contribution in [0.4, 0.5) is 224 Å². The Morgan fingerprint density at radius 3 is 0.284 bits per heavy atom. The predicted molar refractivity (Wildman–Crippen MR) is 151 cm³/mol. The molecule has 0 rings (SSSR count). The summed E-state index contributed by atoms with van der Waals surface area (Å²) in [6, 6.07) is 0. The molecule has 0 aromatic rings. The Morgan fingerprint density at radius 2 is 0.216 bits per heavy atom. The van der Waals surface area contributed by atoms with Crippen LogP contribution in [-0.2, 0) is 30.4 Å². The molecule has 0 spiro atoms.